The summed E-state index contributed by atoms with van der Waals surface area (Å²) in [5.74, 6) is 0.839. The fraction of sp³-hybridized carbons (Fsp3) is 0.929. The normalized spacial score (nSPS) is 23.9. The Labute approximate surface area is 110 Å². The molecule has 0 saturated heterocycles. The van der Waals surface area contributed by atoms with Gasteiger partial charge in [0.05, 0.1) is 13.2 Å². The molecule has 0 aromatic carbocycles. The third-order valence-corrected chi connectivity index (χ3v) is 3.68. The molecule has 106 valence electrons. The van der Waals surface area contributed by atoms with Gasteiger partial charge in [-0.05, 0) is 37.6 Å². The molecular formula is C14H27NO3. The van der Waals surface area contributed by atoms with Crippen LogP contribution in [0.4, 0.5) is 0 Å². The summed E-state index contributed by atoms with van der Waals surface area (Å²) in [6, 6.07) is 0. The molecule has 0 radical (unpaired) electrons. The number of rotatable bonds is 8. The predicted octanol–water partition coefficient (Wildman–Crippen LogP) is 2.11. The third kappa shape index (κ3) is 5.83. The quantitative estimate of drug-likeness (QED) is 0.534. The van der Waals surface area contributed by atoms with Gasteiger partial charge in [-0.3, -0.25) is 0 Å². The van der Waals surface area contributed by atoms with Crippen molar-refractivity contribution in [1.29, 1.82) is 0 Å². The number of carbonyl (C=O) groups is 1. The first-order valence-corrected chi connectivity index (χ1v) is 7.21. The van der Waals surface area contributed by atoms with Gasteiger partial charge in [0, 0.05) is 0 Å². The van der Waals surface area contributed by atoms with Crippen LogP contribution in [-0.4, -0.2) is 32.3 Å². The molecule has 0 aliphatic heterocycles. The van der Waals surface area contributed by atoms with E-state index in [2.05, 4.69) is 6.92 Å². The Hall–Kier alpha value is -0.610. The largest absolute Gasteiger partial charge is 0.464 e. The summed E-state index contributed by atoms with van der Waals surface area (Å²) >= 11 is 0. The van der Waals surface area contributed by atoms with Gasteiger partial charge in [0.2, 0.25) is 0 Å². The van der Waals surface area contributed by atoms with E-state index in [4.69, 9.17) is 15.2 Å². The van der Waals surface area contributed by atoms with E-state index >= 15 is 0 Å². The molecule has 18 heavy (non-hydrogen) atoms. The SMILES string of the molecule is CCCCOC(=O)COCC1CCCCC1CN. The molecule has 2 unspecified atom stereocenters. The van der Waals surface area contributed by atoms with Gasteiger partial charge in [-0.25, -0.2) is 4.79 Å². The van der Waals surface area contributed by atoms with Crippen molar-refractivity contribution in [2.75, 3.05) is 26.4 Å². The Balaban J connectivity index is 2.10. The van der Waals surface area contributed by atoms with Gasteiger partial charge < -0.3 is 15.2 Å². The predicted molar refractivity (Wildman–Crippen MR) is 71.2 cm³/mol. The maximum Gasteiger partial charge on any atom is 0.332 e. The summed E-state index contributed by atoms with van der Waals surface area (Å²) in [5, 5.41) is 0. The van der Waals surface area contributed by atoms with E-state index in [9.17, 15) is 4.79 Å². The molecule has 0 amide bonds. The van der Waals surface area contributed by atoms with E-state index in [0.29, 0.717) is 25.0 Å². The Morgan fingerprint density at radius 1 is 1.28 bits per heavy atom. The highest BCUT2D eigenvalue weighted by Crippen LogP contribution is 2.29. The summed E-state index contributed by atoms with van der Waals surface area (Å²) in [7, 11) is 0. The first kappa shape index (κ1) is 15.4. The molecule has 0 aromatic rings. The fourth-order valence-electron chi connectivity index (χ4n) is 2.48. The van der Waals surface area contributed by atoms with Crippen molar-refractivity contribution in [3.8, 4) is 0 Å². The standard InChI is InChI=1S/C14H27NO3/c1-2-3-8-18-14(16)11-17-10-13-7-5-4-6-12(13)9-15/h12-13H,2-11,15H2,1H3. The molecule has 0 aromatic heterocycles. The van der Waals surface area contributed by atoms with Crippen LogP contribution in [0.15, 0.2) is 0 Å². The number of carbonyl (C=O) groups excluding carboxylic acids is 1. The molecule has 0 bridgehead atoms. The Morgan fingerprint density at radius 2 is 2.00 bits per heavy atom. The topological polar surface area (TPSA) is 61.5 Å². The Kier molecular flexibility index (Phi) is 8.01. The molecule has 1 aliphatic carbocycles. The smallest absolute Gasteiger partial charge is 0.332 e. The van der Waals surface area contributed by atoms with Crippen LogP contribution >= 0.6 is 0 Å². The van der Waals surface area contributed by atoms with E-state index in [1.807, 2.05) is 0 Å². The molecule has 1 fully saturated rings. The maximum absolute atomic E-state index is 11.3. The highest BCUT2D eigenvalue weighted by atomic mass is 16.6. The molecule has 1 rings (SSSR count). The van der Waals surface area contributed by atoms with E-state index in [1.54, 1.807) is 0 Å². The summed E-state index contributed by atoms with van der Waals surface area (Å²) in [5.41, 5.74) is 5.76. The highest BCUT2D eigenvalue weighted by molar-refractivity contribution is 5.70. The number of esters is 1. The summed E-state index contributed by atoms with van der Waals surface area (Å²) in [4.78, 5) is 11.3. The van der Waals surface area contributed by atoms with Crippen LogP contribution in [-0.2, 0) is 14.3 Å². The summed E-state index contributed by atoms with van der Waals surface area (Å²) < 4.78 is 10.5. The molecule has 2 N–H and O–H groups in total. The van der Waals surface area contributed by atoms with Gasteiger partial charge in [-0.15, -0.1) is 0 Å². The van der Waals surface area contributed by atoms with Crippen molar-refractivity contribution in [3.05, 3.63) is 0 Å². The van der Waals surface area contributed by atoms with Gasteiger partial charge in [0.15, 0.2) is 0 Å². The first-order valence-electron chi connectivity index (χ1n) is 7.21. The average Bonchev–Trinajstić information content (AvgIpc) is 2.39. The molecular weight excluding hydrogens is 230 g/mol. The lowest BCUT2D eigenvalue weighted by Gasteiger charge is -2.30. The zero-order chi connectivity index (χ0) is 13.2. The van der Waals surface area contributed by atoms with Crippen molar-refractivity contribution < 1.29 is 14.3 Å². The minimum atomic E-state index is -0.247. The average molecular weight is 257 g/mol. The van der Waals surface area contributed by atoms with Crippen LogP contribution in [0.5, 0.6) is 0 Å². The van der Waals surface area contributed by atoms with Crippen molar-refractivity contribution in [2.24, 2.45) is 17.6 Å². The number of hydrogen-bond donors (Lipinski definition) is 1. The molecule has 4 nitrogen and oxygen atoms in total. The van der Waals surface area contributed by atoms with Crippen LogP contribution in [0.2, 0.25) is 0 Å². The zero-order valence-electron chi connectivity index (χ0n) is 11.5. The van der Waals surface area contributed by atoms with E-state index in [-0.39, 0.29) is 12.6 Å². The molecule has 4 heteroatoms. The van der Waals surface area contributed by atoms with Crippen LogP contribution in [0.25, 0.3) is 0 Å². The number of ether oxygens (including phenoxy) is 2. The molecule has 1 aliphatic rings. The Morgan fingerprint density at radius 3 is 2.67 bits per heavy atom. The zero-order valence-corrected chi connectivity index (χ0v) is 11.5. The lowest BCUT2D eigenvalue weighted by molar-refractivity contribution is -0.149. The van der Waals surface area contributed by atoms with Crippen molar-refractivity contribution in [3.63, 3.8) is 0 Å². The van der Waals surface area contributed by atoms with Gasteiger partial charge in [0.25, 0.3) is 0 Å². The summed E-state index contributed by atoms with van der Waals surface area (Å²) in [6.07, 6.45) is 6.86. The second-order valence-electron chi connectivity index (χ2n) is 5.13. The van der Waals surface area contributed by atoms with Crippen LogP contribution < -0.4 is 5.73 Å². The minimum Gasteiger partial charge on any atom is -0.464 e. The first-order chi connectivity index (χ1) is 8.77. The van der Waals surface area contributed by atoms with Crippen molar-refractivity contribution >= 4 is 5.97 Å². The van der Waals surface area contributed by atoms with Gasteiger partial charge >= 0.3 is 5.97 Å². The highest BCUT2D eigenvalue weighted by Gasteiger charge is 2.24. The number of hydrogen-bond acceptors (Lipinski definition) is 4. The third-order valence-electron chi connectivity index (χ3n) is 3.68. The maximum atomic E-state index is 11.3. The molecule has 0 spiro atoms. The van der Waals surface area contributed by atoms with Crippen LogP contribution in [0, 0.1) is 11.8 Å². The Bertz CT molecular complexity index is 233. The fourth-order valence-corrected chi connectivity index (χ4v) is 2.48. The van der Waals surface area contributed by atoms with E-state index in [0.717, 1.165) is 19.4 Å². The minimum absolute atomic E-state index is 0.0809. The van der Waals surface area contributed by atoms with E-state index in [1.165, 1.54) is 25.7 Å². The number of unbranched alkanes of at least 4 members (excludes halogenated alkanes) is 1. The molecule has 0 heterocycles. The molecule has 2 atom stereocenters. The van der Waals surface area contributed by atoms with E-state index < -0.39 is 0 Å². The van der Waals surface area contributed by atoms with Gasteiger partial charge in [-0.2, -0.15) is 0 Å². The van der Waals surface area contributed by atoms with Crippen LogP contribution in [0.3, 0.4) is 0 Å². The van der Waals surface area contributed by atoms with Crippen molar-refractivity contribution in [2.45, 2.75) is 45.4 Å². The van der Waals surface area contributed by atoms with Gasteiger partial charge in [0.1, 0.15) is 6.61 Å². The molecule has 1 saturated carbocycles. The number of nitrogens with two attached hydrogens (primary N) is 1. The lowest BCUT2D eigenvalue weighted by Crippen LogP contribution is -2.30. The monoisotopic (exact) mass is 257 g/mol. The van der Waals surface area contributed by atoms with Crippen molar-refractivity contribution in [1.82, 2.24) is 0 Å². The lowest BCUT2D eigenvalue weighted by atomic mass is 9.80. The van der Waals surface area contributed by atoms with Crippen LogP contribution in [0.1, 0.15) is 45.4 Å². The van der Waals surface area contributed by atoms with Gasteiger partial charge in [-0.1, -0.05) is 26.2 Å². The second-order valence-corrected chi connectivity index (χ2v) is 5.13. The second kappa shape index (κ2) is 9.34. The summed E-state index contributed by atoms with van der Waals surface area (Å²) in [6.45, 7) is 4.03.